The van der Waals surface area contributed by atoms with Crippen LogP contribution in [0.1, 0.15) is 18.9 Å². The van der Waals surface area contributed by atoms with Crippen molar-refractivity contribution in [3.8, 4) is 0 Å². The molecule has 0 radical (unpaired) electrons. The number of carbonyl (C=O) groups is 2. The van der Waals surface area contributed by atoms with E-state index in [1.54, 1.807) is 6.92 Å². The van der Waals surface area contributed by atoms with Crippen molar-refractivity contribution in [2.45, 2.75) is 25.9 Å². The van der Waals surface area contributed by atoms with E-state index in [9.17, 15) is 19.8 Å². The third-order valence-electron chi connectivity index (χ3n) is 3.25. The van der Waals surface area contributed by atoms with E-state index in [4.69, 9.17) is 0 Å². The quantitative estimate of drug-likeness (QED) is 0.751. The van der Waals surface area contributed by atoms with Crippen LogP contribution in [0.5, 0.6) is 0 Å². The molecule has 0 aromatic heterocycles. The molecule has 20 heavy (non-hydrogen) atoms. The second kappa shape index (κ2) is 7.33. The Bertz CT molecular complexity index is 472. The van der Waals surface area contributed by atoms with Crippen molar-refractivity contribution in [2.24, 2.45) is 5.92 Å². The standard InChI is InChI=1S/C15H19NO4/c1-3-7-13(14(17)18)11(2)16(15(19)20)10-12-8-5-4-6-9-12/h3-6,8-9,11,13H,1,7,10H2,2H3,(H,17,18)(H,19,20)/t11?,13-/m0/s1. The van der Waals surface area contributed by atoms with E-state index in [1.165, 1.54) is 6.08 Å². The number of hydrogen-bond donors (Lipinski definition) is 2. The molecule has 1 aromatic rings. The fourth-order valence-corrected chi connectivity index (χ4v) is 2.07. The Balaban J connectivity index is 2.92. The van der Waals surface area contributed by atoms with E-state index in [1.807, 2.05) is 30.3 Å². The number of hydrogen-bond acceptors (Lipinski definition) is 2. The SMILES string of the molecule is C=CC[C@H](C(=O)O)C(C)N(Cc1ccccc1)C(=O)O. The zero-order chi connectivity index (χ0) is 15.1. The van der Waals surface area contributed by atoms with E-state index in [0.29, 0.717) is 0 Å². The molecule has 108 valence electrons. The fraction of sp³-hybridized carbons (Fsp3) is 0.333. The van der Waals surface area contributed by atoms with Crippen LogP contribution >= 0.6 is 0 Å². The Kier molecular flexibility index (Phi) is 5.77. The lowest BCUT2D eigenvalue weighted by Gasteiger charge is -2.30. The average Bonchev–Trinajstić information content (AvgIpc) is 2.42. The Labute approximate surface area is 118 Å². The van der Waals surface area contributed by atoms with Crippen LogP contribution in [0.25, 0.3) is 0 Å². The van der Waals surface area contributed by atoms with Gasteiger partial charge in [-0.05, 0) is 18.9 Å². The molecule has 0 fully saturated rings. The van der Waals surface area contributed by atoms with Gasteiger partial charge in [-0.25, -0.2) is 4.79 Å². The average molecular weight is 277 g/mol. The summed E-state index contributed by atoms with van der Waals surface area (Å²) in [4.78, 5) is 23.8. The second-order valence-corrected chi connectivity index (χ2v) is 4.61. The number of aliphatic carboxylic acids is 1. The predicted octanol–water partition coefficient (Wildman–Crippen LogP) is 2.83. The molecule has 0 bridgehead atoms. The summed E-state index contributed by atoms with van der Waals surface area (Å²) in [7, 11) is 0. The minimum absolute atomic E-state index is 0.165. The number of benzene rings is 1. The maximum Gasteiger partial charge on any atom is 0.407 e. The van der Waals surface area contributed by atoms with E-state index < -0.39 is 24.0 Å². The van der Waals surface area contributed by atoms with Crippen molar-refractivity contribution >= 4 is 12.1 Å². The normalized spacial score (nSPS) is 13.2. The maximum atomic E-state index is 11.4. The molecule has 1 amide bonds. The smallest absolute Gasteiger partial charge is 0.407 e. The third-order valence-corrected chi connectivity index (χ3v) is 3.25. The van der Waals surface area contributed by atoms with Crippen LogP contribution in [0.15, 0.2) is 43.0 Å². The molecule has 2 atom stereocenters. The van der Waals surface area contributed by atoms with Gasteiger partial charge in [-0.15, -0.1) is 6.58 Å². The van der Waals surface area contributed by atoms with Gasteiger partial charge in [0, 0.05) is 12.6 Å². The topological polar surface area (TPSA) is 77.8 Å². The van der Waals surface area contributed by atoms with Crippen molar-refractivity contribution in [1.82, 2.24) is 4.90 Å². The molecule has 0 saturated carbocycles. The largest absolute Gasteiger partial charge is 0.481 e. The van der Waals surface area contributed by atoms with Gasteiger partial charge in [0.15, 0.2) is 0 Å². The first-order chi connectivity index (χ1) is 9.47. The first-order valence-electron chi connectivity index (χ1n) is 6.34. The first kappa shape index (κ1) is 15.8. The van der Waals surface area contributed by atoms with Gasteiger partial charge in [0.2, 0.25) is 0 Å². The molecule has 1 rings (SSSR count). The van der Waals surface area contributed by atoms with Gasteiger partial charge >= 0.3 is 12.1 Å². The van der Waals surface area contributed by atoms with Crippen molar-refractivity contribution in [1.29, 1.82) is 0 Å². The number of rotatable bonds is 7. The van der Waals surface area contributed by atoms with Gasteiger partial charge in [-0.1, -0.05) is 36.4 Å². The molecule has 1 unspecified atom stereocenters. The molecule has 1 aromatic carbocycles. The zero-order valence-corrected chi connectivity index (χ0v) is 11.4. The molecular formula is C15H19NO4. The zero-order valence-electron chi connectivity index (χ0n) is 11.4. The van der Waals surface area contributed by atoms with Gasteiger partial charge in [0.05, 0.1) is 5.92 Å². The van der Waals surface area contributed by atoms with Crippen LogP contribution in [-0.4, -0.2) is 33.2 Å². The molecule has 0 aliphatic heterocycles. The van der Waals surface area contributed by atoms with E-state index in [2.05, 4.69) is 6.58 Å². The molecule has 0 spiro atoms. The summed E-state index contributed by atoms with van der Waals surface area (Å²) in [6.45, 7) is 5.30. The highest BCUT2D eigenvalue weighted by atomic mass is 16.4. The van der Waals surface area contributed by atoms with Gasteiger partial charge in [0.1, 0.15) is 0 Å². The van der Waals surface area contributed by atoms with Crippen LogP contribution in [0, 0.1) is 5.92 Å². The Hall–Kier alpha value is -2.30. The summed E-state index contributed by atoms with van der Waals surface area (Å²) < 4.78 is 0. The third kappa shape index (κ3) is 4.12. The Morgan fingerprint density at radius 3 is 2.35 bits per heavy atom. The lowest BCUT2D eigenvalue weighted by molar-refractivity contribution is -0.143. The predicted molar refractivity (Wildman–Crippen MR) is 75.4 cm³/mol. The van der Waals surface area contributed by atoms with Crippen LogP contribution in [0.4, 0.5) is 4.79 Å². The minimum atomic E-state index is -1.13. The summed E-state index contributed by atoms with van der Waals surface area (Å²) in [6.07, 6.45) is 0.601. The lowest BCUT2D eigenvalue weighted by Crippen LogP contribution is -2.44. The number of carboxylic acid groups (broad SMARTS) is 2. The summed E-state index contributed by atoms with van der Waals surface area (Å²) in [5, 5.41) is 18.5. The van der Waals surface area contributed by atoms with Gasteiger partial charge in [-0.3, -0.25) is 4.79 Å². The van der Waals surface area contributed by atoms with Crippen molar-refractivity contribution in [2.75, 3.05) is 0 Å². The summed E-state index contributed by atoms with van der Waals surface area (Å²) in [6, 6.07) is 8.47. The monoisotopic (exact) mass is 277 g/mol. The highest BCUT2D eigenvalue weighted by molar-refractivity contribution is 5.73. The lowest BCUT2D eigenvalue weighted by atomic mass is 9.96. The highest BCUT2D eigenvalue weighted by Crippen LogP contribution is 2.19. The van der Waals surface area contributed by atoms with Gasteiger partial charge in [0.25, 0.3) is 0 Å². The van der Waals surface area contributed by atoms with Crippen LogP contribution in [0.2, 0.25) is 0 Å². The summed E-state index contributed by atoms with van der Waals surface area (Å²) >= 11 is 0. The van der Waals surface area contributed by atoms with Gasteiger partial charge in [-0.2, -0.15) is 0 Å². The van der Waals surface area contributed by atoms with Crippen molar-refractivity contribution in [3.05, 3.63) is 48.6 Å². The van der Waals surface area contributed by atoms with E-state index in [-0.39, 0.29) is 13.0 Å². The molecular weight excluding hydrogens is 258 g/mol. The van der Waals surface area contributed by atoms with Crippen molar-refractivity contribution in [3.63, 3.8) is 0 Å². The summed E-state index contributed by atoms with van der Waals surface area (Å²) in [5.74, 6) is -1.82. The molecule has 0 saturated heterocycles. The summed E-state index contributed by atoms with van der Waals surface area (Å²) in [5.41, 5.74) is 0.824. The van der Waals surface area contributed by atoms with E-state index >= 15 is 0 Å². The Morgan fingerprint density at radius 2 is 1.90 bits per heavy atom. The Morgan fingerprint density at radius 1 is 1.30 bits per heavy atom. The highest BCUT2D eigenvalue weighted by Gasteiger charge is 2.31. The van der Waals surface area contributed by atoms with Gasteiger partial charge < -0.3 is 15.1 Å². The van der Waals surface area contributed by atoms with Crippen molar-refractivity contribution < 1.29 is 19.8 Å². The first-order valence-corrected chi connectivity index (χ1v) is 6.34. The second-order valence-electron chi connectivity index (χ2n) is 4.61. The van der Waals surface area contributed by atoms with Crippen LogP contribution in [0.3, 0.4) is 0 Å². The van der Waals surface area contributed by atoms with E-state index in [0.717, 1.165) is 10.5 Å². The molecule has 5 nitrogen and oxygen atoms in total. The number of allylic oxidation sites excluding steroid dienone is 1. The minimum Gasteiger partial charge on any atom is -0.481 e. The molecule has 0 aliphatic carbocycles. The van der Waals surface area contributed by atoms with Crippen LogP contribution in [-0.2, 0) is 11.3 Å². The molecule has 0 heterocycles. The molecule has 0 aliphatic rings. The number of carboxylic acids is 1. The number of amides is 1. The van der Waals surface area contributed by atoms with Crippen LogP contribution < -0.4 is 0 Å². The fourth-order valence-electron chi connectivity index (χ4n) is 2.07. The molecule has 5 heteroatoms. The molecule has 2 N–H and O–H groups in total. The number of nitrogens with zero attached hydrogens (tertiary/aromatic N) is 1. The maximum absolute atomic E-state index is 11.4.